The number of carbonyl (C=O) groups excluding carboxylic acids is 1. The minimum atomic E-state index is -5.80. The van der Waals surface area contributed by atoms with Crippen LogP contribution in [0.3, 0.4) is 0 Å². The molecule has 0 N–H and O–H groups in total. The van der Waals surface area contributed by atoms with Crippen LogP contribution in [0.2, 0.25) is 0 Å². The number of ether oxygens (including phenoxy) is 2. The van der Waals surface area contributed by atoms with E-state index < -0.39 is 24.0 Å². The molecule has 0 atom stereocenters. The van der Waals surface area contributed by atoms with Crippen LogP contribution >= 0.6 is 0 Å². The van der Waals surface area contributed by atoms with Gasteiger partial charge in [-0.2, -0.15) is 22.0 Å². The first kappa shape index (κ1) is 15.9. The topological polar surface area (TPSA) is 35.5 Å². The number of rotatable bonds is 4. The summed E-state index contributed by atoms with van der Waals surface area (Å²) in [7, 11) is 1.17. The molecule has 0 amide bonds. The molecule has 0 fully saturated rings. The average molecular weight is 296 g/mol. The molecule has 110 valence electrons. The summed E-state index contributed by atoms with van der Waals surface area (Å²) in [5, 5.41) is 0. The summed E-state index contributed by atoms with van der Waals surface area (Å²) in [6.07, 6.45) is -8.69. The van der Waals surface area contributed by atoms with Crippen molar-refractivity contribution in [3.63, 3.8) is 0 Å². The van der Waals surface area contributed by atoms with Crippen LogP contribution in [0, 0.1) is 0 Å². The predicted octanol–water partition coefficient (Wildman–Crippen LogP) is 3.41. The lowest BCUT2D eigenvalue weighted by molar-refractivity contribution is -0.360. The van der Waals surface area contributed by atoms with Crippen molar-refractivity contribution in [2.75, 3.05) is 7.11 Å². The Morgan fingerprint density at radius 3 is 2.10 bits per heavy atom. The largest absolute Gasteiger partial charge is 0.499 e. The molecule has 0 saturated heterocycles. The Hall–Kier alpha value is -2.12. The third-order valence-electron chi connectivity index (χ3n) is 2.07. The van der Waals surface area contributed by atoms with Gasteiger partial charge in [-0.05, 0) is 23.8 Å². The van der Waals surface area contributed by atoms with E-state index >= 15 is 0 Å². The van der Waals surface area contributed by atoms with Crippen molar-refractivity contribution in [3.05, 3.63) is 35.9 Å². The summed E-state index contributed by atoms with van der Waals surface area (Å²) < 4.78 is 68.8. The highest BCUT2D eigenvalue weighted by Crippen LogP contribution is 2.37. The molecule has 0 bridgehead atoms. The van der Waals surface area contributed by atoms with Crippen molar-refractivity contribution in [1.29, 1.82) is 0 Å². The number of hydrogen-bond donors (Lipinski definition) is 0. The molecule has 0 radical (unpaired) electrons. The van der Waals surface area contributed by atoms with Gasteiger partial charge in [0.15, 0.2) is 0 Å². The van der Waals surface area contributed by atoms with Crippen LogP contribution in [0.4, 0.5) is 22.0 Å². The standard InChI is InChI=1S/C12H9F5O3/c1-19-10(18)7-4-8-2-5-9(6-3-8)20-12(16,17)11(13,14)15/h2-7H,1H3. The van der Waals surface area contributed by atoms with Crippen molar-refractivity contribution >= 4 is 12.0 Å². The van der Waals surface area contributed by atoms with E-state index in [0.29, 0.717) is 5.56 Å². The monoisotopic (exact) mass is 296 g/mol. The molecule has 0 aliphatic carbocycles. The van der Waals surface area contributed by atoms with Crippen LogP contribution < -0.4 is 4.74 Å². The van der Waals surface area contributed by atoms with Gasteiger partial charge in [0.05, 0.1) is 7.11 Å². The first-order valence-electron chi connectivity index (χ1n) is 5.15. The summed E-state index contributed by atoms with van der Waals surface area (Å²) in [6.45, 7) is 0. The predicted molar refractivity (Wildman–Crippen MR) is 59.1 cm³/mol. The number of hydrogen-bond acceptors (Lipinski definition) is 3. The molecule has 1 rings (SSSR count). The number of methoxy groups -OCH3 is 1. The van der Waals surface area contributed by atoms with E-state index in [-0.39, 0.29) is 0 Å². The van der Waals surface area contributed by atoms with Gasteiger partial charge in [-0.1, -0.05) is 12.1 Å². The highest BCUT2D eigenvalue weighted by molar-refractivity contribution is 5.86. The second-order valence-corrected chi connectivity index (χ2v) is 3.54. The minimum Gasteiger partial charge on any atom is -0.466 e. The van der Waals surface area contributed by atoms with Gasteiger partial charge in [0.25, 0.3) is 0 Å². The van der Waals surface area contributed by atoms with Crippen LogP contribution in [-0.4, -0.2) is 25.4 Å². The minimum absolute atomic E-state index is 0.401. The van der Waals surface area contributed by atoms with E-state index in [1.807, 2.05) is 0 Å². The van der Waals surface area contributed by atoms with Crippen LogP contribution in [0.5, 0.6) is 5.75 Å². The summed E-state index contributed by atoms with van der Waals surface area (Å²) in [6, 6.07) is 4.27. The number of esters is 1. The van der Waals surface area contributed by atoms with Gasteiger partial charge >= 0.3 is 18.3 Å². The van der Waals surface area contributed by atoms with Gasteiger partial charge in [0.1, 0.15) is 5.75 Å². The lowest BCUT2D eigenvalue weighted by Crippen LogP contribution is -2.41. The molecule has 0 spiro atoms. The molecular formula is C12H9F5O3. The van der Waals surface area contributed by atoms with Gasteiger partial charge in [0.2, 0.25) is 0 Å². The molecule has 0 heterocycles. The van der Waals surface area contributed by atoms with E-state index in [9.17, 15) is 26.7 Å². The Kier molecular flexibility index (Phi) is 4.69. The molecule has 0 aliphatic rings. The maximum atomic E-state index is 12.6. The molecule has 0 aliphatic heterocycles. The van der Waals surface area contributed by atoms with Crippen molar-refractivity contribution in [1.82, 2.24) is 0 Å². The molecular weight excluding hydrogens is 287 g/mol. The second kappa shape index (κ2) is 5.89. The normalized spacial score (nSPS) is 12.5. The fraction of sp³-hybridized carbons (Fsp3) is 0.250. The van der Waals surface area contributed by atoms with E-state index in [4.69, 9.17) is 0 Å². The Bertz CT molecular complexity index is 491. The molecule has 8 heteroatoms. The zero-order valence-electron chi connectivity index (χ0n) is 10.1. The van der Waals surface area contributed by atoms with Gasteiger partial charge in [-0.15, -0.1) is 0 Å². The lowest BCUT2D eigenvalue weighted by Gasteiger charge is -2.20. The Labute approximate surface area is 110 Å². The third-order valence-corrected chi connectivity index (χ3v) is 2.07. The first-order valence-corrected chi connectivity index (χ1v) is 5.15. The van der Waals surface area contributed by atoms with E-state index in [1.54, 1.807) is 0 Å². The van der Waals surface area contributed by atoms with Crippen molar-refractivity contribution < 1.29 is 36.2 Å². The fourth-order valence-corrected chi connectivity index (χ4v) is 1.09. The van der Waals surface area contributed by atoms with Crippen molar-refractivity contribution in [2.45, 2.75) is 12.3 Å². The Morgan fingerprint density at radius 1 is 1.10 bits per heavy atom. The molecule has 0 aromatic heterocycles. The highest BCUT2D eigenvalue weighted by atomic mass is 19.4. The van der Waals surface area contributed by atoms with Crippen LogP contribution in [-0.2, 0) is 9.53 Å². The molecule has 3 nitrogen and oxygen atoms in total. The van der Waals surface area contributed by atoms with E-state index in [1.165, 1.54) is 25.3 Å². The van der Waals surface area contributed by atoms with Crippen molar-refractivity contribution in [3.8, 4) is 5.75 Å². The van der Waals surface area contributed by atoms with Crippen LogP contribution in [0.15, 0.2) is 30.3 Å². The van der Waals surface area contributed by atoms with Gasteiger partial charge in [0, 0.05) is 6.08 Å². The zero-order valence-corrected chi connectivity index (χ0v) is 10.1. The Balaban J connectivity index is 2.78. The molecule has 1 aromatic carbocycles. The van der Waals surface area contributed by atoms with Crippen LogP contribution in [0.25, 0.3) is 6.08 Å². The zero-order chi connectivity index (χ0) is 15.4. The Morgan fingerprint density at radius 2 is 1.65 bits per heavy atom. The summed E-state index contributed by atoms with van der Waals surface area (Å²) in [5.41, 5.74) is 0.401. The second-order valence-electron chi connectivity index (χ2n) is 3.54. The van der Waals surface area contributed by atoms with Crippen molar-refractivity contribution in [2.24, 2.45) is 0 Å². The fourth-order valence-electron chi connectivity index (χ4n) is 1.09. The molecule has 20 heavy (non-hydrogen) atoms. The number of halogens is 5. The average Bonchev–Trinajstić information content (AvgIpc) is 2.35. The number of alkyl halides is 5. The SMILES string of the molecule is COC(=O)C=Cc1ccc(OC(F)(F)C(F)(F)F)cc1. The number of carbonyl (C=O) groups is 1. The highest BCUT2D eigenvalue weighted by Gasteiger charge is 2.61. The van der Waals surface area contributed by atoms with E-state index in [2.05, 4.69) is 9.47 Å². The van der Waals surface area contributed by atoms with Gasteiger partial charge in [-0.25, -0.2) is 4.79 Å². The third kappa shape index (κ3) is 4.22. The van der Waals surface area contributed by atoms with Gasteiger partial charge < -0.3 is 9.47 Å². The molecule has 0 unspecified atom stereocenters. The maximum absolute atomic E-state index is 12.6. The number of benzene rings is 1. The van der Waals surface area contributed by atoms with Gasteiger partial charge in [-0.3, -0.25) is 0 Å². The summed E-state index contributed by atoms with van der Waals surface area (Å²) in [5.74, 6) is -1.28. The first-order chi connectivity index (χ1) is 9.15. The maximum Gasteiger partial charge on any atom is 0.499 e. The lowest BCUT2D eigenvalue weighted by atomic mass is 10.2. The van der Waals surface area contributed by atoms with E-state index in [0.717, 1.165) is 18.2 Å². The molecule has 0 saturated carbocycles. The summed E-state index contributed by atoms with van der Waals surface area (Å²) in [4.78, 5) is 10.8. The molecule has 1 aromatic rings. The smallest absolute Gasteiger partial charge is 0.466 e. The summed E-state index contributed by atoms with van der Waals surface area (Å²) >= 11 is 0. The van der Waals surface area contributed by atoms with Crippen LogP contribution in [0.1, 0.15) is 5.56 Å². The quantitative estimate of drug-likeness (QED) is 0.485.